The van der Waals surface area contributed by atoms with Crippen LogP contribution >= 0.6 is 0 Å². The highest BCUT2D eigenvalue weighted by atomic mass is 16.5. The largest absolute Gasteiger partial charge is 0.453 e. The molecule has 0 radical (unpaired) electrons. The summed E-state index contributed by atoms with van der Waals surface area (Å²) in [5.74, 6) is 0.640. The molecule has 0 saturated heterocycles. The number of methoxy groups -OCH3 is 1. The van der Waals surface area contributed by atoms with Crippen molar-refractivity contribution in [3.05, 3.63) is 66.2 Å². The average Bonchev–Trinajstić information content (AvgIpc) is 2.96. The van der Waals surface area contributed by atoms with Crippen LogP contribution in [0.2, 0.25) is 0 Å². The van der Waals surface area contributed by atoms with Crippen molar-refractivity contribution in [1.29, 1.82) is 0 Å². The van der Waals surface area contributed by atoms with Crippen LogP contribution in [0.4, 0.5) is 10.6 Å². The van der Waals surface area contributed by atoms with E-state index in [4.69, 9.17) is 10.5 Å². The molecule has 2 fully saturated rings. The monoisotopic (exact) mass is 527 g/mol. The SMILES string of the molecule is COC(=O)N(C)[C@H]1CC[C@H](CC(=O)Nc2cc(-c3ccccc3)c(-c3ccc(C4(N)CCC4)cc3)nn2)CC1. The number of nitrogens with two attached hydrogens (primary N) is 1. The highest BCUT2D eigenvalue weighted by Gasteiger charge is 2.34. The molecule has 1 heterocycles. The number of carbonyl (C=O) groups excluding carboxylic acids is 2. The number of ether oxygens (including phenoxy) is 1. The van der Waals surface area contributed by atoms with Gasteiger partial charge in [0, 0.05) is 36.2 Å². The summed E-state index contributed by atoms with van der Waals surface area (Å²) in [6.45, 7) is 0. The van der Waals surface area contributed by atoms with Crippen LogP contribution in [0.15, 0.2) is 60.7 Å². The number of amides is 2. The summed E-state index contributed by atoms with van der Waals surface area (Å²) in [5.41, 5.74) is 11.1. The Hall–Kier alpha value is -3.78. The van der Waals surface area contributed by atoms with Crippen LogP contribution in [0.5, 0.6) is 0 Å². The number of rotatable bonds is 7. The van der Waals surface area contributed by atoms with Gasteiger partial charge in [0.05, 0.1) is 7.11 Å². The Labute approximate surface area is 230 Å². The highest BCUT2D eigenvalue weighted by Crippen LogP contribution is 2.40. The first-order valence-electron chi connectivity index (χ1n) is 13.8. The van der Waals surface area contributed by atoms with E-state index in [0.717, 1.165) is 66.5 Å². The molecule has 3 N–H and O–H groups in total. The fraction of sp³-hybridized carbons (Fsp3) is 0.419. The summed E-state index contributed by atoms with van der Waals surface area (Å²) in [6.07, 6.45) is 6.80. The Morgan fingerprint density at radius 3 is 2.31 bits per heavy atom. The molecule has 2 amide bonds. The zero-order valence-electron chi connectivity index (χ0n) is 22.7. The molecule has 204 valence electrons. The Morgan fingerprint density at radius 1 is 1.00 bits per heavy atom. The standard InChI is InChI=1S/C31H37N5O3/c1-36(30(38)39-2)25-15-9-21(10-16-25)19-28(37)33-27-20-26(22-7-4-3-5-8-22)29(35-34-27)23-11-13-24(14-12-23)31(32)17-6-18-31/h3-5,7-8,11-14,20-21,25H,6,9-10,15-19,32H2,1-2H3,(H,33,34,37)/t21-,25-. The number of hydrogen-bond donors (Lipinski definition) is 2. The number of anilines is 1. The van der Waals surface area contributed by atoms with Gasteiger partial charge in [0.2, 0.25) is 5.91 Å². The van der Waals surface area contributed by atoms with E-state index >= 15 is 0 Å². The van der Waals surface area contributed by atoms with Crippen LogP contribution in [0.1, 0.15) is 56.9 Å². The van der Waals surface area contributed by atoms with Gasteiger partial charge in [-0.15, -0.1) is 10.2 Å². The molecule has 5 rings (SSSR count). The lowest BCUT2D eigenvalue weighted by Gasteiger charge is -2.38. The summed E-state index contributed by atoms with van der Waals surface area (Å²) in [7, 11) is 3.17. The van der Waals surface area contributed by atoms with Crippen LogP contribution < -0.4 is 11.1 Å². The molecule has 0 aliphatic heterocycles. The maximum absolute atomic E-state index is 12.9. The fourth-order valence-corrected chi connectivity index (χ4v) is 5.80. The molecule has 0 atom stereocenters. The van der Waals surface area contributed by atoms with E-state index in [2.05, 4.69) is 39.8 Å². The van der Waals surface area contributed by atoms with Crippen molar-refractivity contribution in [2.45, 2.75) is 62.9 Å². The second-order valence-electron chi connectivity index (χ2n) is 11.0. The molecule has 39 heavy (non-hydrogen) atoms. The van der Waals surface area contributed by atoms with Crippen molar-refractivity contribution in [1.82, 2.24) is 15.1 Å². The van der Waals surface area contributed by atoms with Crippen molar-refractivity contribution in [3.63, 3.8) is 0 Å². The molecule has 0 spiro atoms. The van der Waals surface area contributed by atoms with Gasteiger partial charge in [0.15, 0.2) is 5.82 Å². The van der Waals surface area contributed by atoms with Crippen molar-refractivity contribution < 1.29 is 14.3 Å². The third-order valence-electron chi connectivity index (χ3n) is 8.43. The van der Waals surface area contributed by atoms with Gasteiger partial charge < -0.3 is 20.7 Å². The Balaban J connectivity index is 1.28. The third-order valence-corrected chi connectivity index (χ3v) is 8.43. The summed E-state index contributed by atoms with van der Waals surface area (Å²) in [5, 5.41) is 11.9. The summed E-state index contributed by atoms with van der Waals surface area (Å²) >= 11 is 0. The Bertz CT molecular complexity index is 1300. The van der Waals surface area contributed by atoms with E-state index in [1.165, 1.54) is 13.5 Å². The summed E-state index contributed by atoms with van der Waals surface area (Å²) in [6, 6.07) is 20.4. The quantitative estimate of drug-likeness (QED) is 0.406. The van der Waals surface area contributed by atoms with Crippen molar-refractivity contribution in [3.8, 4) is 22.4 Å². The van der Waals surface area contributed by atoms with Gasteiger partial charge in [-0.25, -0.2) is 4.79 Å². The van der Waals surface area contributed by atoms with Crippen LogP contribution in [0.3, 0.4) is 0 Å². The Kier molecular flexibility index (Phi) is 7.93. The van der Waals surface area contributed by atoms with Crippen molar-refractivity contribution in [2.75, 3.05) is 19.5 Å². The van der Waals surface area contributed by atoms with E-state index in [-0.39, 0.29) is 29.5 Å². The van der Waals surface area contributed by atoms with Crippen LogP contribution in [-0.4, -0.2) is 47.3 Å². The van der Waals surface area contributed by atoms with Crippen LogP contribution in [0.25, 0.3) is 22.4 Å². The van der Waals surface area contributed by atoms with Crippen molar-refractivity contribution in [2.24, 2.45) is 11.7 Å². The number of benzene rings is 2. The minimum Gasteiger partial charge on any atom is -0.453 e. The molecule has 0 unspecified atom stereocenters. The number of nitrogens with one attached hydrogen (secondary N) is 1. The van der Waals surface area contributed by atoms with E-state index < -0.39 is 0 Å². The second kappa shape index (κ2) is 11.5. The lowest BCUT2D eigenvalue weighted by Crippen LogP contribution is -2.43. The smallest absolute Gasteiger partial charge is 0.409 e. The molecule has 2 aromatic carbocycles. The van der Waals surface area contributed by atoms with Gasteiger partial charge >= 0.3 is 6.09 Å². The third kappa shape index (κ3) is 5.96. The van der Waals surface area contributed by atoms with Gasteiger partial charge in [-0.2, -0.15) is 0 Å². The van der Waals surface area contributed by atoms with Gasteiger partial charge in [-0.3, -0.25) is 4.79 Å². The summed E-state index contributed by atoms with van der Waals surface area (Å²) < 4.78 is 4.83. The molecule has 8 nitrogen and oxygen atoms in total. The molecule has 2 aliphatic rings. The molecule has 2 aliphatic carbocycles. The summed E-state index contributed by atoms with van der Waals surface area (Å²) in [4.78, 5) is 26.4. The molecule has 8 heteroatoms. The minimum atomic E-state index is -0.315. The average molecular weight is 528 g/mol. The Morgan fingerprint density at radius 2 is 1.69 bits per heavy atom. The topological polar surface area (TPSA) is 110 Å². The molecule has 3 aromatic rings. The molecule has 1 aromatic heterocycles. The van der Waals surface area contributed by atoms with E-state index in [1.807, 2.05) is 36.4 Å². The molecular formula is C31H37N5O3. The second-order valence-corrected chi connectivity index (χ2v) is 11.0. The number of aromatic nitrogens is 2. The first kappa shape index (κ1) is 26.8. The fourth-order valence-electron chi connectivity index (χ4n) is 5.80. The van der Waals surface area contributed by atoms with Crippen molar-refractivity contribution >= 4 is 17.8 Å². The lowest BCUT2D eigenvalue weighted by atomic mass is 9.72. The first-order chi connectivity index (χ1) is 18.9. The highest BCUT2D eigenvalue weighted by molar-refractivity contribution is 5.91. The van der Waals surface area contributed by atoms with E-state index in [1.54, 1.807) is 11.9 Å². The number of carbonyl (C=O) groups is 2. The lowest BCUT2D eigenvalue weighted by molar-refractivity contribution is -0.117. The predicted molar refractivity (Wildman–Crippen MR) is 152 cm³/mol. The number of nitrogens with zero attached hydrogens (tertiary/aromatic N) is 3. The molecule has 0 bridgehead atoms. The van der Waals surface area contributed by atoms with Gasteiger partial charge in [-0.05, 0) is 68.1 Å². The first-order valence-corrected chi connectivity index (χ1v) is 13.8. The zero-order valence-corrected chi connectivity index (χ0v) is 22.7. The van der Waals surface area contributed by atoms with E-state index in [9.17, 15) is 9.59 Å². The number of hydrogen-bond acceptors (Lipinski definition) is 6. The van der Waals surface area contributed by atoms with Gasteiger partial charge in [-0.1, -0.05) is 54.6 Å². The normalized spacial score (nSPS) is 20.0. The van der Waals surface area contributed by atoms with Gasteiger partial charge in [0.1, 0.15) is 5.69 Å². The molecule has 2 saturated carbocycles. The minimum absolute atomic E-state index is 0.0704. The van der Waals surface area contributed by atoms with Gasteiger partial charge in [0.25, 0.3) is 0 Å². The zero-order chi connectivity index (χ0) is 27.4. The maximum atomic E-state index is 12.9. The van der Waals surface area contributed by atoms with Crippen LogP contribution in [-0.2, 0) is 15.1 Å². The molecular weight excluding hydrogens is 490 g/mol. The maximum Gasteiger partial charge on any atom is 0.409 e. The van der Waals surface area contributed by atoms with E-state index in [0.29, 0.717) is 12.2 Å². The predicted octanol–water partition coefficient (Wildman–Crippen LogP) is 5.73. The van der Waals surface area contributed by atoms with Crippen LogP contribution in [0, 0.1) is 5.92 Å².